The predicted molar refractivity (Wildman–Crippen MR) is 120 cm³/mol. The maximum atomic E-state index is 6.39. The van der Waals surface area contributed by atoms with Gasteiger partial charge in [0.2, 0.25) is 0 Å². The molecule has 1 aliphatic heterocycles. The fourth-order valence-corrected chi connectivity index (χ4v) is 4.53. The van der Waals surface area contributed by atoms with Crippen molar-refractivity contribution in [3.8, 4) is 5.75 Å². The number of ether oxygens (including phenoxy) is 1. The van der Waals surface area contributed by atoms with Gasteiger partial charge in [0, 0.05) is 15.5 Å². The zero-order valence-corrected chi connectivity index (χ0v) is 19.1. The molecule has 27 heavy (non-hydrogen) atoms. The second-order valence-electron chi connectivity index (χ2n) is 7.07. The summed E-state index contributed by atoms with van der Waals surface area (Å²) < 4.78 is 6.85. The maximum absolute atomic E-state index is 6.39. The van der Waals surface area contributed by atoms with Crippen LogP contribution in [-0.4, -0.2) is 24.6 Å². The SMILES string of the molecule is CCOc1ccc(Br)c(CC2CCN(C(C)c3ccccc3Cl)CC2)c1.Cl. The minimum Gasteiger partial charge on any atom is -0.494 e. The second-order valence-corrected chi connectivity index (χ2v) is 8.33. The van der Waals surface area contributed by atoms with Gasteiger partial charge in [0.25, 0.3) is 0 Å². The number of halogens is 3. The van der Waals surface area contributed by atoms with Crippen LogP contribution in [0, 0.1) is 5.92 Å². The first-order valence-corrected chi connectivity index (χ1v) is 10.6. The fraction of sp³-hybridized carbons (Fsp3) is 0.455. The van der Waals surface area contributed by atoms with Gasteiger partial charge in [-0.05, 0) is 87.5 Å². The molecule has 5 heteroatoms. The van der Waals surface area contributed by atoms with E-state index in [-0.39, 0.29) is 12.4 Å². The molecule has 1 fully saturated rings. The van der Waals surface area contributed by atoms with Crippen LogP contribution in [-0.2, 0) is 6.42 Å². The van der Waals surface area contributed by atoms with Crippen molar-refractivity contribution < 1.29 is 4.74 Å². The zero-order valence-electron chi connectivity index (χ0n) is 16.0. The van der Waals surface area contributed by atoms with Crippen LogP contribution in [0.3, 0.4) is 0 Å². The van der Waals surface area contributed by atoms with Gasteiger partial charge in [0.1, 0.15) is 5.75 Å². The summed E-state index contributed by atoms with van der Waals surface area (Å²) in [6, 6.07) is 14.9. The third-order valence-corrected chi connectivity index (χ3v) is 6.51. The Kier molecular flexibility index (Phi) is 8.94. The zero-order chi connectivity index (χ0) is 18.5. The van der Waals surface area contributed by atoms with Crippen LogP contribution in [0.2, 0.25) is 5.02 Å². The first-order valence-electron chi connectivity index (χ1n) is 9.48. The van der Waals surface area contributed by atoms with Gasteiger partial charge in [0.15, 0.2) is 0 Å². The molecule has 1 aliphatic rings. The molecule has 1 unspecified atom stereocenters. The van der Waals surface area contributed by atoms with Gasteiger partial charge in [-0.3, -0.25) is 4.90 Å². The summed E-state index contributed by atoms with van der Waals surface area (Å²) in [7, 11) is 0. The molecule has 2 nitrogen and oxygen atoms in total. The van der Waals surface area contributed by atoms with E-state index >= 15 is 0 Å². The molecule has 0 N–H and O–H groups in total. The van der Waals surface area contributed by atoms with Crippen molar-refractivity contribution in [2.24, 2.45) is 5.92 Å². The first kappa shape index (κ1) is 22.5. The lowest BCUT2D eigenvalue weighted by molar-refractivity contribution is 0.141. The van der Waals surface area contributed by atoms with Crippen molar-refractivity contribution in [1.82, 2.24) is 4.90 Å². The molecule has 148 valence electrons. The molecule has 0 bridgehead atoms. The van der Waals surface area contributed by atoms with Crippen molar-refractivity contribution >= 4 is 39.9 Å². The largest absolute Gasteiger partial charge is 0.494 e. The predicted octanol–water partition coefficient (Wildman–Crippen LogP) is 6.94. The lowest BCUT2D eigenvalue weighted by Gasteiger charge is -2.36. The quantitative estimate of drug-likeness (QED) is 0.451. The lowest BCUT2D eigenvalue weighted by Crippen LogP contribution is -2.36. The normalized spacial score (nSPS) is 16.6. The Morgan fingerprint density at radius 1 is 1.19 bits per heavy atom. The average molecular weight is 473 g/mol. The van der Waals surface area contributed by atoms with E-state index in [0.717, 1.165) is 36.2 Å². The Hall–Kier alpha value is -0.740. The fourth-order valence-electron chi connectivity index (χ4n) is 3.83. The van der Waals surface area contributed by atoms with Gasteiger partial charge in [-0.1, -0.05) is 45.7 Å². The Bertz CT molecular complexity index is 732. The van der Waals surface area contributed by atoms with E-state index in [0.29, 0.717) is 12.6 Å². The van der Waals surface area contributed by atoms with Gasteiger partial charge in [-0.2, -0.15) is 0 Å². The van der Waals surface area contributed by atoms with Crippen molar-refractivity contribution in [2.45, 2.75) is 39.2 Å². The van der Waals surface area contributed by atoms with Crippen LogP contribution in [0.4, 0.5) is 0 Å². The smallest absolute Gasteiger partial charge is 0.119 e. The Labute approximate surface area is 182 Å². The Morgan fingerprint density at radius 3 is 2.56 bits per heavy atom. The number of likely N-dealkylation sites (tertiary alicyclic amines) is 1. The van der Waals surface area contributed by atoms with E-state index in [4.69, 9.17) is 16.3 Å². The highest BCUT2D eigenvalue weighted by molar-refractivity contribution is 9.10. The topological polar surface area (TPSA) is 12.5 Å². The summed E-state index contributed by atoms with van der Waals surface area (Å²) in [6.45, 7) is 7.25. The van der Waals surface area contributed by atoms with Crippen molar-refractivity contribution in [3.05, 3.63) is 63.1 Å². The van der Waals surface area contributed by atoms with E-state index in [9.17, 15) is 0 Å². The lowest BCUT2D eigenvalue weighted by atomic mass is 9.89. The second kappa shape index (κ2) is 10.7. The van der Waals surface area contributed by atoms with Crippen LogP contribution >= 0.6 is 39.9 Å². The van der Waals surface area contributed by atoms with Crippen LogP contribution in [0.5, 0.6) is 5.75 Å². The molecule has 0 aliphatic carbocycles. The van der Waals surface area contributed by atoms with E-state index in [1.165, 1.54) is 28.4 Å². The van der Waals surface area contributed by atoms with Gasteiger partial charge in [-0.15, -0.1) is 12.4 Å². The molecular weight excluding hydrogens is 445 g/mol. The van der Waals surface area contributed by atoms with Crippen LogP contribution < -0.4 is 4.74 Å². The molecule has 0 saturated carbocycles. The summed E-state index contributed by atoms with van der Waals surface area (Å²) in [4.78, 5) is 2.56. The molecule has 0 spiro atoms. The molecule has 2 aromatic rings. The molecule has 1 heterocycles. The Balaban J connectivity index is 0.00000261. The highest BCUT2D eigenvalue weighted by Gasteiger charge is 2.25. The van der Waals surface area contributed by atoms with Gasteiger partial charge in [0.05, 0.1) is 6.61 Å². The average Bonchev–Trinajstić information content (AvgIpc) is 2.65. The van der Waals surface area contributed by atoms with Crippen LogP contribution in [0.15, 0.2) is 46.9 Å². The van der Waals surface area contributed by atoms with Gasteiger partial charge >= 0.3 is 0 Å². The highest BCUT2D eigenvalue weighted by atomic mass is 79.9. The molecule has 0 amide bonds. The first-order chi connectivity index (χ1) is 12.6. The number of rotatable bonds is 6. The third kappa shape index (κ3) is 5.87. The maximum Gasteiger partial charge on any atom is 0.119 e. The number of hydrogen-bond donors (Lipinski definition) is 0. The van der Waals surface area contributed by atoms with E-state index in [1.54, 1.807) is 0 Å². The van der Waals surface area contributed by atoms with Gasteiger partial charge in [-0.25, -0.2) is 0 Å². The molecule has 0 radical (unpaired) electrons. The van der Waals surface area contributed by atoms with Crippen LogP contribution in [0.25, 0.3) is 0 Å². The van der Waals surface area contributed by atoms with E-state index in [2.05, 4.69) is 52.0 Å². The van der Waals surface area contributed by atoms with E-state index in [1.807, 2.05) is 25.1 Å². The highest BCUT2D eigenvalue weighted by Crippen LogP contribution is 2.33. The molecule has 1 saturated heterocycles. The van der Waals surface area contributed by atoms with Crippen molar-refractivity contribution in [1.29, 1.82) is 0 Å². The summed E-state index contributed by atoms with van der Waals surface area (Å²) in [5.74, 6) is 1.69. The molecule has 1 atom stereocenters. The number of hydrogen-bond acceptors (Lipinski definition) is 2. The van der Waals surface area contributed by atoms with Gasteiger partial charge < -0.3 is 4.74 Å². The summed E-state index contributed by atoms with van der Waals surface area (Å²) >= 11 is 10.1. The number of benzene rings is 2. The Morgan fingerprint density at radius 2 is 1.89 bits per heavy atom. The standard InChI is InChI=1S/C22H27BrClNO.ClH/c1-3-26-19-8-9-21(23)18(15-19)14-17-10-12-25(13-11-17)16(2)20-6-4-5-7-22(20)24;/h4-9,15-17H,3,10-14H2,1-2H3;1H. The minimum absolute atomic E-state index is 0. The molecule has 0 aromatic heterocycles. The number of nitrogens with zero attached hydrogens (tertiary/aromatic N) is 1. The summed E-state index contributed by atoms with van der Waals surface area (Å²) in [5, 5.41) is 0.874. The summed E-state index contributed by atoms with van der Waals surface area (Å²) in [6.07, 6.45) is 3.55. The minimum atomic E-state index is 0. The monoisotopic (exact) mass is 471 g/mol. The van der Waals surface area contributed by atoms with Crippen molar-refractivity contribution in [2.75, 3.05) is 19.7 Å². The van der Waals surface area contributed by atoms with Crippen LogP contribution in [0.1, 0.15) is 43.9 Å². The summed E-state index contributed by atoms with van der Waals surface area (Å²) in [5.41, 5.74) is 2.59. The molecule has 2 aromatic carbocycles. The van der Waals surface area contributed by atoms with E-state index < -0.39 is 0 Å². The third-order valence-electron chi connectivity index (χ3n) is 5.39. The number of piperidine rings is 1. The molecular formula is C22H28BrCl2NO. The molecule has 3 rings (SSSR count). The van der Waals surface area contributed by atoms with Crippen molar-refractivity contribution in [3.63, 3.8) is 0 Å².